The zero-order chi connectivity index (χ0) is 12.1. The van der Waals surface area contributed by atoms with Crippen LogP contribution < -0.4 is 4.74 Å². The molecule has 1 aliphatic heterocycles. The van der Waals surface area contributed by atoms with Crippen LogP contribution in [0.4, 0.5) is 0 Å². The second-order valence-electron chi connectivity index (χ2n) is 4.00. The maximum absolute atomic E-state index is 11.0. The highest BCUT2D eigenvalue weighted by atomic mass is 16.5. The van der Waals surface area contributed by atoms with Crippen molar-refractivity contribution >= 4 is 5.97 Å². The highest BCUT2D eigenvalue weighted by Crippen LogP contribution is 2.28. The molecule has 0 bridgehead atoms. The van der Waals surface area contributed by atoms with Crippen molar-refractivity contribution in [3.8, 4) is 5.75 Å². The minimum Gasteiger partial charge on any atom is -0.426 e. The van der Waals surface area contributed by atoms with E-state index in [9.17, 15) is 4.79 Å². The summed E-state index contributed by atoms with van der Waals surface area (Å²) in [4.78, 5) is 11.0. The van der Waals surface area contributed by atoms with Crippen LogP contribution in [0, 0.1) is 0 Å². The van der Waals surface area contributed by atoms with Crippen LogP contribution in [0.1, 0.15) is 51.2 Å². The van der Waals surface area contributed by atoms with E-state index in [0.29, 0.717) is 12.3 Å². The second-order valence-corrected chi connectivity index (χ2v) is 4.00. The number of benzene rings is 1. The predicted molar refractivity (Wildman–Crippen MR) is 65.8 cm³/mol. The summed E-state index contributed by atoms with van der Waals surface area (Å²) in [5.41, 5.74) is 2.47. The number of fused-ring (bicyclic) bond motifs is 1. The first kappa shape index (κ1) is 12.8. The van der Waals surface area contributed by atoms with Gasteiger partial charge in [0.25, 0.3) is 0 Å². The molecule has 1 aliphatic rings. The fourth-order valence-corrected chi connectivity index (χ4v) is 1.66. The molecule has 0 amide bonds. The number of carbonyl (C=O) groups excluding carboxylic acids is 1. The molecule has 88 valence electrons. The van der Waals surface area contributed by atoms with Crippen LogP contribution in [0.2, 0.25) is 0 Å². The first-order valence-electron chi connectivity index (χ1n) is 6.00. The largest absolute Gasteiger partial charge is 0.426 e. The van der Waals surface area contributed by atoms with Gasteiger partial charge in [-0.25, -0.2) is 0 Å². The summed E-state index contributed by atoms with van der Waals surface area (Å²) in [7, 11) is 0. The van der Waals surface area contributed by atoms with Crippen molar-refractivity contribution in [2.45, 2.75) is 46.5 Å². The third-order valence-corrected chi connectivity index (χ3v) is 2.57. The van der Waals surface area contributed by atoms with Crippen molar-refractivity contribution in [1.82, 2.24) is 0 Å². The lowest BCUT2D eigenvalue weighted by Crippen LogP contribution is -2.15. The van der Waals surface area contributed by atoms with E-state index < -0.39 is 0 Å². The smallest absolute Gasteiger partial charge is 0.311 e. The molecule has 2 rings (SSSR count). The lowest BCUT2D eigenvalue weighted by Gasteiger charge is -2.17. The van der Waals surface area contributed by atoms with Gasteiger partial charge in [-0.05, 0) is 29.5 Å². The van der Waals surface area contributed by atoms with Crippen LogP contribution in [0.3, 0.4) is 0 Å². The molecule has 1 aromatic carbocycles. The Morgan fingerprint density at radius 2 is 1.88 bits per heavy atom. The van der Waals surface area contributed by atoms with Crippen LogP contribution in [-0.4, -0.2) is 5.97 Å². The molecule has 2 heteroatoms. The first-order chi connectivity index (χ1) is 7.66. The van der Waals surface area contributed by atoms with Crippen LogP contribution in [-0.2, 0) is 11.2 Å². The van der Waals surface area contributed by atoms with E-state index in [1.165, 1.54) is 5.56 Å². The number of rotatable bonds is 1. The van der Waals surface area contributed by atoms with Gasteiger partial charge < -0.3 is 4.74 Å². The molecule has 0 saturated heterocycles. The van der Waals surface area contributed by atoms with Gasteiger partial charge in [-0.3, -0.25) is 4.79 Å². The van der Waals surface area contributed by atoms with Crippen molar-refractivity contribution in [3.63, 3.8) is 0 Å². The topological polar surface area (TPSA) is 26.3 Å². The molecule has 2 nitrogen and oxygen atoms in total. The summed E-state index contributed by atoms with van der Waals surface area (Å²) in [5.74, 6) is 1.15. The average Bonchev–Trinajstić information content (AvgIpc) is 2.30. The monoisotopic (exact) mass is 220 g/mol. The quantitative estimate of drug-likeness (QED) is 0.533. The third kappa shape index (κ3) is 2.84. The molecule has 0 radical (unpaired) electrons. The fraction of sp³-hybridized carbons (Fsp3) is 0.500. The van der Waals surface area contributed by atoms with Gasteiger partial charge >= 0.3 is 5.97 Å². The summed E-state index contributed by atoms with van der Waals surface area (Å²) in [5, 5.41) is 0. The Labute approximate surface area is 97.6 Å². The van der Waals surface area contributed by atoms with E-state index >= 15 is 0 Å². The van der Waals surface area contributed by atoms with Crippen molar-refractivity contribution < 1.29 is 9.53 Å². The van der Waals surface area contributed by atoms with Gasteiger partial charge in [-0.2, -0.15) is 0 Å². The summed E-state index contributed by atoms with van der Waals surface area (Å²) in [6.45, 7) is 8.33. The maximum Gasteiger partial charge on any atom is 0.311 e. The molecule has 0 fully saturated rings. The molecule has 16 heavy (non-hydrogen) atoms. The number of hydrogen-bond donors (Lipinski definition) is 0. The Hall–Kier alpha value is -1.31. The number of carbonyl (C=O) groups is 1. The predicted octanol–water partition coefficient (Wildman–Crippen LogP) is 3.69. The Morgan fingerprint density at radius 1 is 1.19 bits per heavy atom. The highest BCUT2D eigenvalue weighted by molar-refractivity contribution is 5.75. The zero-order valence-corrected chi connectivity index (χ0v) is 10.5. The van der Waals surface area contributed by atoms with Gasteiger partial charge in [0.15, 0.2) is 0 Å². The normalized spacial score (nSPS) is 13.7. The Kier molecular flexibility index (Phi) is 4.53. The molecule has 1 heterocycles. The number of ether oxygens (including phenoxy) is 1. The molecule has 0 spiro atoms. The molecule has 0 aliphatic carbocycles. The van der Waals surface area contributed by atoms with Crippen LogP contribution in [0.25, 0.3) is 0 Å². The molecular weight excluding hydrogens is 200 g/mol. The van der Waals surface area contributed by atoms with Crippen LogP contribution in [0.15, 0.2) is 18.2 Å². The van der Waals surface area contributed by atoms with E-state index in [0.717, 1.165) is 17.7 Å². The van der Waals surface area contributed by atoms with Crippen LogP contribution in [0.5, 0.6) is 5.75 Å². The Balaban J connectivity index is 0.000000606. The average molecular weight is 220 g/mol. The maximum atomic E-state index is 11.0. The van der Waals surface area contributed by atoms with Gasteiger partial charge in [0, 0.05) is 0 Å². The summed E-state index contributed by atoms with van der Waals surface area (Å²) in [6, 6.07) is 6.08. The third-order valence-electron chi connectivity index (χ3n) is 2.57. The van der Waals surface area contributed by atoms with E-state index in [1.807, 2.05) is 26.0 Å². The first-order valence-corrected chi connectivity index (χ1v) is 6.00. The SMILES string of the molecule is CC.CC(C)c1ccc2c(c1)CCC(=O)O2. The second kappa shape index (κ2) is 5.69. The lowest BCUT2D eigenvalue weighted by molar-refractivity contribution is -0.135. The Morgan fingerprint density at radius 3 is 2.50 bits per heavy atom. The van der Waals surface area contributed by atoms with E-state index in [1.54, 1.807) is 0 Å². The molecule has 0 unspecified atom stereocenters. The molecular formula is C14H20O2. The van der Waals surface area contributed by atoms with Crippen molar-refractivity contribution in [1.29, 1.82) is 0 Å². The molecule has 0 atom stereocenters. The van der Waals surface area contributed by atoms with Gasteiger partial charge in [-0.1, -0.05) is 39.8 Å². The highest BCUT2D eigenvalue weighted by Gasteiger charge is 2.17. The van der Waals surface area contributed by atoms with E-state index in [4.69, 9.17) is 4.74 Å². The van der Waals surface area contributed by atoms with Gasteiger partial charge in [0.2, 0.25) is 0 Å². The lowest BCUT2D eigenvalue weighted by atomic mass is 9.97. The van der Waals surface area contributed by atoms with Crippen molar-refractivity contribution in [2.75, 3.05) is 0 Å². The number of hydrogen-bond acceptors (Lipinski definition) is 2. The van der Waals surface area contributed by atoms with Crippen molar-refractivity contribution in [3.05, 3.63) is 29.3 Å². The molecule has 0 aromatic heterocycles. The standard InChI is InChI=1S/C12H14O2.C2H6/c1-8(2)9-3-5-11-10(7-9)4-6-12(13)14-11;1-2/h3,5,7-8H,4,6H2,1-2H3;1-2H3. The minimum absolute atomic E-state index is 0.116. The number of aryl methyl sites for hydroxylation is 1. The number of esters is 1. The minimum atomic E-state index is -0.116. The van der Waals surface area contributed by atoms with E-state index in [-0.39, 0.29) is 5.97 Å². The molecule has 0 N–H and O–H groups in total. The van der Waals surface area contributed by atoms with Crippen LogP contribution >= 0.6 is 0 Å². The van der Waals surface area contributed by atoms with Gasteiger partial charge in [0.05, 0.1) is 6.42 Å². The summed E-state index contributed by atoms with van der Waals surface area (Å²) in [6.07, 6.45) is 1.32. The fourth-order valence-electron chi connectivity index (χ4n) is 1.66. The zero-order valence-electron chi connectivity index (χ0n) is 10.5. The van der Waals surface area contributed by atoms with Gasteiger partial charge in [0.1, 0.15) is 5.75 Å². The van der Waals surface area contributed by atoms with Crippen molar-refractivity contribution in [2.24, 2.45) is 0 Å². The summed E-state index contributed by atoms with van der Waals surface area (Å²) >= 11 is 0. The molecule has 1 aromatic rings. The Bertz CT molecular complexity index is 367. The summed E-state index contributed by atoms with van der Waals surface area (Å²) < 4.78 is 5.13. The van der Waals surface area contributed by atoms with E-state index in [2.05, 4.69) is 19.9 Å². The van der Waals surface area contributed by atoms with Gasteiger partial charge in [-0.15, -0.1) is 0 Å². The molecule has 0 saturated carbocycles.